The van der Waals surface area contributed by atoms with E-state index in [-0.39, 0.29) is 11.7 Å². The highest BCUT2D eigenvalue weighted by atomic mass is 35.5. The number of primary amides is 1. The number of aryl methyl sites for hydroxylation is 2. The molecule has 0 bridgehead atoms. The maximum atomic E-state index is 12.4. The van der Waals surface area contributed by atoms with Crippen LogP contribution in [0.4, 0.5) is 0 Å². The molecule has 1 aliphatic rings. The quantitative estimate of drug-likeness (QED) is 0.566. The summed E-state index contributed by atoms with van der Waals surface area (Å²) in [7, 11) is 1.42. The molecular weight excluding hydrogens is 426 g/mol. The smallest absolute Gasteiger partial charge is 0.316 e. The first-order chi connectivity index (χ1) is 15.3. The van der Waals surface area contributed by atoms with Gasteiger partial charge in [0.05, 0.1) is 29.6 Å². The van der Waals surface area contributed by atoms with Crippen molar-refractivity contribution in [3.05, 3.63) is 70.1 Å². The van der Waals surface area contributed by atoms with Crippen molar-refractivity contribution in [2.75, 3.05) is 7.11 Å². The molecule has 0 aliphatic heterocycles. The van der Waals surface area contributed by atoms with E-state index >= 15 is 0 Å². The molecule has 1 fully saturated rings. The van der Waals surface area contributed by atoms with Gasteiger partial charge in [0.25, 0.3) is 5.91 Å². The lowest BCUT2D eigenvalue weighted by Gasteiger charge is -2.39. The van der Waals surface area contributed by atoms with Crippen LogP contribution >= 0.6 is 11.6 Å². The van der Waals surface area contributed by atoms with E-state index in [1.165, 1.54) is 7.11 Å². The molecule has 4 rings (SSSR count). The zero-order valence-electron chi connectivity index (χ0n) is 18.2. The zero-order chi connectivity index (χ0) is 23.0. The first-order valence-electron chi connectivity index (χ1n) is 10.4. The van der Waals surface area contributed by atoms with E-state index in [0.717, 1.165) is 47.2 Å². The van der Waals surface area contributed by atoms with Gasteiger partial charge in [0.15, 0.2) is 0 Å². The van der Waals surface area contributed by atoms with Gasteiger partial charge in [0.1, 0.15) is 5.69 Å². The van der Waals surface area contributed by atoms with Gasteiger partial charge in [-0.2, -0.15) is 0 Å². The molecule has 0 saturated heterocycles. The summed E-state index contributed by atoms with van der Waals surface area (Å²) in [5, 5.41) is 0.577. The Morgan fingerprint density at radius 1 is 1.00 bits per heavy atom. The van der Waals surface area contributed by atoms with Crippen LogP contribution in [0.5, 0.6) is 0 Å². The second kappa shape index (κ2) is 8.36. The molecule has 1 aromatic heterocycles. The Morgan fingerprint density at radius 3 is 2.19 bits per heavy atom. The fraction of sp³-hybridized carbons (Fsp3) is 0.280. The number of methoxy groups -OCH3 is 1. The highest BCUT2D eigenvalue weighted by molar-refractivity contribution is 6.33. The van der Waals surface area contributed by atoms with Crippen LogP contribution in [0.2, 0.25) is 5.02 Å². The van der Waals surface area contributed by atoms with Crippen molar-refractivity contribution in [1.82, 2.24) is 9.97 Å². The molecule has 7 heteroatoms. The Hall–Kier alpha value is -3.25. The maximum Gasteiger partial charge on any atom is 0.316 e. The molecule has 2 aromatic carbocycles. The highest BCUT2D eigenvalue weighted by Gasteiger charge is 2.46. The van der Waals surface area contributed by atoms with E-state index in [2.05, 4.69) is 9.97 Å². The van der Waals surface area contributed by atoms with Gasteiger partial charge >= 0.3 is 5.97 Å². The van der Waals surface area contributed by atoms with Crippen LogP contribution in [0.15, 0.2) is 42.5 Å². The predicted octanol–water partition coefficient (Wildman–Crippen LogP) is 4.77. The van der Waals surface area contributed by atoms with Gasteiger partial charge in [-0.3, -0.25) is 14.6 Å². The Kier molecular flexibility index (Phi) is 5.73. The molecule has 0 unspecified atom stereocenters. The van der Waals surface area contributed by atoms with Crippen LogP contribution in [-0.4, -0.2) is 29.0 Å². The molecule has 1 saturated carbocycles. The van der Waals surface area contributed by atoms with Gasteiger partial charge in [-0.1, -0.05) is 54.4 Å². The van der Waals surface area contributed by atoms with E-state index in [0.29, 0.717) is 16.4 Å². The van der Waals surface area contributed by atoms with Crippen molar-refractivity contribution >= 4 is 23.5 Å². The summed E-state index contributed by atoms with van der Waals surface area (Å²) in [4.78, 5) is 32.9. The van der Waals surface area contributed by atoms with E-state index in [1.54, 1.807) is 6.92 Å². The van der Waals surface area contributed by atoms with Gasteiger partial charge in [-0.25, -0.2) is 4.98 Å². The number of amides is 1. The van der Waals surface area contributed by atoms with Gasteiger partial charge < -0.3 is 10.5 Å². The van der Waals surface area contributed by atoms with E-state index in [4.69, 9.17) is 22.1 Å². The molecule has 1 amide bonds. The number of hydrogen-bond acceptors (Lipinski definition) is 5. The Balaban J connectivity index is 1.66. The van der Waals surface area contributed by atoms with E-state index < -0.39 is 11.3 Å². The molecule has 164 valence electrons. The van der Waals surface area contributed by atoms with E-state index in [1.807, 2.05) is 49.4 Å². The third-order valence-electron chi connectivity index (χ3n) is 6.25. The number of carbonyl (C=O) groups is 2. The minimum atomic E-state index is -0.601. The van der Waals surface area contributed by atoms with Crippen molar-refractivity contribution in [3.8, 4) is 22.4 Å². The standard InChI is InChI=1S/C25H24ClN3O3/c1-14-21(29-22(23(27)30)15(2)28-14)17-7-5-16(6-8-17)19-10-9-18(13-20(19)26)25(11-4-12-25)24(31)32-3/h5-10,13H,4,11-12H2,1-3H3,(H2,27,30). The number of halogens is 1. The number of nitrogens with zero attached hydrogens (tertiary/aromatic N) is 2. The summed E-state index contributed by atoms with van der Waals surface area (Å²) in [6.45, 7) is 3.56. The molecule has 1 heterocycles. The lowest BCUT2D eigenvalue weighted by atomic mass is 9.64. The lowest BCUT2D eigenvalue weighted by Crippen LogP contribution is -2.43. The SMILES string of the molecule is COC(=O)C1(c2ccc(-c3ccc(-c4nc(C(N)=O)c(C)nc4C)cc3)c(Cl)c2)CCC1. The maximum absolute atomic E-state index is 12.4. The van der Waals surface area contributed by atoms with Crippen LogP contribution in [0.3, 0.4) is 0 Å². The third-order valence-corrected chi connectivity index (χ3v) is 6.56. The van der Waals surface area contributed by atoms with Crippen LogP contribution in [0.25, 0.3) is 22.4 Å². The molecule has 0 radical (unpaired) electrons. The molecule has 6 nitrogen and oxygen atoms in total. The molecule has 0 atom stereocenters. The fourth-order valence-corrected chi connectivity index (χ4v) is 4.62. The normalized spacial score (nSPS) is 14.5. The summed E-state index contributed by atoms with van der Waals surface area (Å²) in [6.07, 6.45) is 2.54. The minimum Gasteiger partial charge on any atom is -0.468 e. The summed E-state index contributed by atoms with van der Waals surface area (Å²) in [5.74, 6) is -0.808. The number of esters is 1. The topological polar surface area (TPSA) is 95.2 Å². The number of carbonyl (C=O) groups excluding carboxylic acids is 2. The Bertz CT molecular complexity index is 1220. The molecule has 32 heavy (non-hydrogen) atoms. The zero-order valence-corrected chi connectivity index (χ0v) is 19.0. The number of rotatable bonds is 5. The lowest BCUT2D eigenvalue weighted by molar-refractivity contribution is -0.151. The first-order valence-corrected chi connectivity index (χ1v) is 10.8. The number of benzene rings is 2. The van der Waals surface area contributed by atoms with Crippen molar-refractivity contribution in [3.63, 3.8) is 0 Å². The number of ether oxygens (including phenoxy) is 1. The van der Waals surface area contributed by atoms with Crippen molar-refractivity contribution < 1.29 is 14.3 Å². The van der Waals surface area contributed by atoms with Crippen molar-refractivity contribution in [2.45, 2.75) is 38.5 Å². The average Bonchev–Trinajstić information content (AvgIpc) is 2.73. The molecule has 3 aromatic rings. The summed E-state index contributed by atoms with van der Waals surface area (Å²) >= 11 is 6.63. The molecule has 1 aliphatic carbocycles. The van der Waals surface area contributed by atoms with Crippen molar-refractivity contribution in [1.29, 1.82) is 0 Å². The second-order valence-corrected chi connectivity index (χ2v) is 8.56. The Labute approximate surface area is 191 Å². The highest BCUT2D eigenvalue weighted by Crippen LogP contribution is 2.46. The largest absolute Gasteiger partial charge is 0.468 e. The summed E-state index contributed by atoms with van der Waals surface area (Å²) < 4.78 is 5.04. The van der Waals surface area contributed by atoms with Crippen molar-refractivity contribution in [2.24, 2.45) is 5.73 Å². The molecular formula is C25H24ClN3O3. The van der Waals surface area contributed by atoms with Crippen LogP contribution in [-0.2, 0) is 14.9 Å². The summed E-state index contributed by atoms with van der Waals surface area (Å²) in [5.41, 5.74) is 10.4. The van der Waals surface area contributed by atoms with Gasteiger partial charge in [-0.05, 0) is 43.9 Å². The van der Waals surface area contributed by atoms with Gasteiger partial charge in [0.2, 0.25) is 0 Å². The predicted molar refractivity (Wildman–Crippen MR) is 123 cm³/mol. The fourth-order valence-electron chi connectivity index (χ4n) is 4.33. The number of aromatic nitrogens is 2. The Morgan fingerprint density at radius 2 is 1.66 bits per heavy atom. The molecule has 0 spiro atoms. The first kappa shape index (κ1) is 22.0. The third kappa shape index (κ3) is 3.65. The van der Waals surface area contributed by atoms with Gasteiger partial charge in [0, 0.05) is 16.1 Å². The van der Waals surface area contributed by atoms with E-state index in [9.17, 15) is 9.59 Å². The number of hydrogen-bond donors (Lipinski definition) is 1. The minimum absolute atomic E-state index is 0.170. The summed E-state index contributed by atoms with van der Waals surface area (Å²) in [6, 6.07) is 13.5. The van der Waals surface area contributed by atoms with Crippen LogP contribution in [0, 0.1) is 13.8 Å². The second-order valence-electron chi connectivity index (χ2n) is 8.16. The monoisotopic (exact) mass is 449 g/mol. The van der Waals surface area contributed by atoms with Crippen LogP contribution in [0.1, 0.15) is 46.7 Å². The number of nitrogens with two attached hydrogens (primary N) is 1. The van der Waals surface area contributed by atoms with Crippen LogP contribution < -0.4 is 5.73 Å². The molecule has 2 N–H and O–H groups in total. The van der Waals surface area contributed by atoms with Gasteiger partial charge in [-0.15, -0.1) is 0 Å². The average molecular weight is 450 g/mol.